The van der Waals surface area contributed by atoms with Gasteiger partial charge >= 0.3 is 5.69 Å². The molecule has 0 aliphatic rings. The molecule has 0 aliphatic heterocycles. The van der Waals surface area contributed by atoms with Crippen LogP contribution < -0.4 is 5.69 Å². The molecular formula is C18H12N2O2. The molecule has 0 fully saturated rings. The molecule has 0 spiro atoms. The first-order valence-electron chi connectivity index (χ1n) is 6.98. The van der Waals surface area contributed by atoms with Gasteiger partial charge in [0, 0.05) is 10.9 Å². The van der Waals surface area contributed by atoms with Gasteiger partial charge in [0.05, 0.1) is 11.0 Å². The van der Waals surface area contributed by atoms with Gasteiger partial charge < -0.3 is 4.98 Å². The molecule has 0 aliphatic carbocycles. The molecule has 106 valence electrons. The molecule has 0 saturated heterocycles. The number of carbonyl (C=O) groups is 1. The highest BCUT2D eigenvalue weighted by Gasteiger charge is 2.17. The maximum atomic E-state index is 12.7. The van der Waals surface area contributed by atoms with E-state index >= 15 is 0 Å². The SMILES string of the molecule is O=C(c1ccccc1)n1c(=O)[nH]c2ccc3ccccc3c21. The molecule has 1 aromatic heterocycles. The van der Waals surface area contributed by atoms with Crippen LogP contribution in [0.15, 0.2) is 71.5 Å². The summed E-state index contributed by atoms with van der Waals surface area (Å²) in [7, 11) is 0. The van der Waals surface area contributed by atoms with E-state index in [0.717, 1.165) is 10.8 Å². The van der Waals surface area contributed by atoms with Crippen LogP contribution in [-0.4, -0.2) is 15.5 Å². The zero-order valence-electron chi connectivity index (χ0n) is 11.6. The van der Waals surface area contributed by atoms with Crippen LogP contribution in [-0.2, 0) is 0 Å². The normalized spacial score (nSPS) is 11.1. The van der Waals surface area contributed by atoms with Crippen molar-refractivity contribution in [3.63, 3.8) is 0 Å². The molecule has 0 bridgehead atoms. The summed E-state index contributed by atoms with van der Waals surface area (Å²) in [6, 6.07) is 20.3. The Balaban J connectivity index is 2.09. The van der Waals surface area contributed by atoms with E-state index in [1.165, 1.54) is 4.57 Å². The van der Waals surface area contributed by atoms with Gasteiger partial charge in [0.1, 0.15) is 0 Å². The van der Waals surface area contributed by atoms with Gasteiger partial charge in [-0.05, 0) is 23.6 Å². The molecule has 1 N–H and O–H groups in total. The summed E-state index contributed by atoms with van der Waals surface area (Å²) in [6.45, 7) is 0. The molecule has 22 heavy (non-hydrogen) atoms. The molecule has 0 saturated carbocycles. The second-order valence-corrected chi connectivity index (χ2v) is 5.12. The number of benzene rings is 3. The van der Waals surface area contributed by atoms with Crippen molar-refractivity contribution >= 4 is 27.7 Å². The van der Waals surface area contributed by atoms with Crippen molar-refractivity contribution in [3.05, 3.63) is 82.8 Å². The van der Waals surface area contributed by atoms with E-state index in [2.05, 4.69) is 4.98 Å². The number of fused-ring (bicyclic) bond motifs is 3. The molecule has 4 aromatic rings. The van der Waals surface area contributed by atoms with Crippen molar-refractivity contribution in [2.24, 2.45) is 0 Å². The Kier molecular flexibility index (Phi) is 2.69. The standard InChI is InChI=1S/C18H12N2O2/c21-17(13-7-2-1-3-8-13)20-16-14-9-5-4-6-12(14)10-11-15(16)19-18(20)22/h1-11H,(H,19,22). The number of nitrogens with zero attached hydrogens (tertiary/aromatic N) is 1. The number of aromatic nitrogens is 2. The predicted molar refractivity (Wildman–Crippen MR) is 86.2 cm³/mol. The smallest absolute Gasteiger partial charge is 0.305 e. The van der Waals surface area contributed by atoms with Crippen molar-refractivity contribution in [1.82, 2.24) is 9.55 Å². The number of imidazole rings is 1. The van der Waals surface area contributed by atoms with Crippen molar-refractivity contribution in [2.45, 2.75) is 0 Å². The van der Waals surface area contributed by atoms with E-state index in [9.17, 15) is 9.59 Å². The number of hydrogen-bond acceptors (Lipinski definition) is 2. The van der Waals surface area contributed by atoms with Gasteiger partial charge in [-0.3, -0.25) is 4.79 Å². The van der Waals surface area contributed by atoms with Gasteiger partial charge in [-0.25, -0.2) is 9.36 Å². The van der Waals surface area contributed by atoms with E-state index in [-0.39, 0.29) is 5.91 Å². The lowest BCUT2D eigenvalue weighted by Crippen LogP contribution is -2.24. The summed E-state index contributed by atoms with van der Waals surface area (Å²) in [6.07, 6.45) is 0. The molecule has 1 heterocycles. The molecule has 0 radical (unpaired) electrons. The van der Waals surface area contributed by atoms with Crippen LogP contribution in [0.25, 0.3) is 21.8 Å². The van der Waals surface area contributed by atoms with Gasteiger partial charge in [-0.15, -0.1) is 0 Å². The molecule has 4 rings (SSSR count). The number of H-pyrrole nitrogens is 1. The number of aromatic amines is 1. The van der Waals surface area contributed by atoms with E-state index in [4.69, 9.17) is 0 Å². The van der Waals surface area contributed by atoms with Gasteiger partial charge in [-0.1, -0.05) is 48.5 Å². The Bertz CT molecular complexity index is 1060. The highest BCUT2D eigenvalue weighted by Crippen LogP contribution is 2.23. The lowest BCUT2D eigenvalue weighted by molar-refractivity contribution is 0.0961. The zero-order valence-corrected chi connectivity index (χ0v) is 11.6. The zero-order chi connectivity index (χ0) is 15.1. The molecule has 4 heteroatoms. The van der Waals surface area contributed by atoms with Crippen molar-refractivity contribution in [2.75, 3.05) is 0 Å². The average Bonchev–Trinajstić information content (AvgIpc) is 2.91. The number of hydrogen-bond donors (Lipinski definition) is 1. The topological polar surface area (TPSA) is 54.9 Å². The minimum atomic E-state index is -0.416. The highest BCUT2D eigenvalue weighted by atomic mass is 16.2. The third-order valence-corrected chi connectivity index (χ3v) is 3.79. The minimum absolute atomic E-state index is 0.326. The van der Waals surface area contributed by atoms with Crippen molar-refractivity contribution in [1.29, 1.82) is 0 Å². The maximum absolute atomic E-state index is 12.7. The quantitative estimate of drug-likeness (QED) is 0.585. The predicted octanol–water partition coefficient (Wildman–Crippen LogP) is 3.17. The second kappa shape index (κ2) is 4.70. The molecule has 3 aromatic carbocycles. The second-order valence-electron chi connectivity index (χ2n) is 5.12. The Morgan fingerprint density at radius 3 is 2.41 bits per heavy atom. The summed E-state index contributed by atoms with van der Waals surface area (Å²) in [4.78, 5) is 27.8. The first-order valence-corrected chi connectivity index (χ1v) is 6.98. The van der Waals surface area contributed by atoms with Crippen LogP contribution in [0.2, 0.25) is 0 Å². The van der Waals surface area contributed by atoms with Crippen LogP contribution in [0.5, 0.6) is 0 Å². The van der Waals surface area contributed by atoms with Crippen LogP contribution in [0.4, 0.5) is 0 Å². The van der Waals surface area contributed by atoms with Crippen LogP contribution in [0, 0.1) is 0 Å². The Morgan fingerprint density at radius 1 is 0.864 bits per heavy atom. The molecular weight excluding hydrogens is 276 g/mol. The van der Waals surface area contributed by atoms with Crippen LogP contribution >= 0.6 is 0 Å². The fraction of sp³-hybridized carbons (Fsp3) is 0. The summed E-state index contributed by atoms with van der Waals surface area (Å²) >= 11 is 0. The summed E-state index contributed by atoms with van der Waals surface area (Å²) in [5.41, 5.74) is 1.35. The first-order chi connectivity index (χ1) is 10.8. The Hall–Kier alpha value is -3.14. The lowest BCUT2D eigenvalue weighted by Gasteiger charge is -2.05. The third-order valence-electron chi connectivity index (χ3n) is 3.79. The van der Waals surface area contributed by atoms with E-state index in [1.54, 1.807) is 24.3 Å². The Labute approximate surface area is 125 Å². The first kappa shape index (κ1) is 12.6. The van der Waals surface area contributed by atoms with Crippen molar-refractivity contribution in [3.8, 4) is 0 Å². The number of rotatable bonds is 1. The third kappa shape index (κ3) is 1.78. The Morgan fingerprint density at radius 2 is 1.59 bits per heavy atom. The van der Waals surface area contributed by atoms with Gasteiger partial charge in [0.2, 0.25) is 0 Å². The molecule has 0 amide bonds. The largest absolute Gasteiger partial charge is 0.333 e. The molecule has 0 unspecified atom stereocenters. The minimum Gasteiger partial charge on any atom is -0.305 e. The number of nitrogens with one attached hydrogen (secondary N) is 1. The average molecular weight is 288 g/mol. The highest BCUT2D eigenvalue weighted by molar-refractivity contribution is 6.10. The lowest BCUT2D eigenvalue weighted by atomic mass is 10.1. The summed E-state index contributed by atoms with van der Waals surface area (Å²) in [5.74, 6) is -0.326. The summed E-state index contributed by atoms with van der Waals surface area (Å²) < 4.78 is 1.22. The number of carbonyl (C=O) groups excluding carboxylic acids is 1. The van der Waals surface area contributed by atoms with Gasteiger partial charge in [-0.2, -0.15) is 0 Å². The molecule has 4 nitrogen and oxygen atoms in total. The maximum Gasteiger partial charge on any atom is 0.333 e. The fourth-order valence-electron chi connectivity index (χ4n) is 2.77. The van der Waals surface area contributed by atoms with Crippen LogP contribution in [0.3, 0.4) is 0 Å². The molecule has 0 atom stereocenters. The van der Waals surface area contributed by atoms with Crippen molar-refractivity contribution < 1.29 is 4.79 Å². The van der Waals surface area contributed by atoms with E-state index < -0.39 is 5.69 Å². The van der Waals surface area contributed by atoms with Gasteiger partial charge in [0.25, 0.3) is 5.91 Å². The van der Waals surface area contributed by atoms with E-state index in [1.807, 2.05) is 42.5 Å². The monoisotopic (exact) mass is 288 g/mol. The van der Waals surface area contributed by atoms with E-state index in [0.29, 0.717) is 16.6 Å². The fourth-order valence-corrected chi connectivity index (χ4v) is 2.77. The summed E-state index contributed by atoms with van der Waals surface area (Å²) in [5, 5.41) is 1.87. The van der Waals surface area contributed by atoms with Crippen LogP contribution in [0.1, 0.15) is 10.4 Å². The van der Waals surface area contributed by atoms with Gasteiger partial charge in [0.15, 0.2) is 0 Å².